The SMILES string of the molecule is CON(C)C(O)c1ncc(C(=O)N(C)c2cccnc2)n1C. The highest BCUT2D eigenvalue weighted by atomic mass is 16.7. The molecule has 2 heterocycles. The number of aliphatic hydroxyl groups is 1. The molecule has 118 valence electrons. The molecule has 2 aromatic heterocycles. The third-order valence-corrected chi connectivity index (χ3v) is 3.44. The number of rotatable bonds is 5. The van der Waals surface area contributed by atoms with Crippen LogP contribution >= 0.6 is 0 Å². The first kappa shape index (κ1) is 16.1. The molecule has 0 saturated heterocycles. The summed E-state index contributed by atoms with van der Waals surface area (Å²) in [7, 11) is 6.33. The predicted octanol–water partition coefficient (Wildman–Crippen LogP) is 0.576. The molecule has 2 aromatic rings. The van der Waals surface area contributed by atoms with Gasteiger partial charge in [-0.3, -0.25) is 14.6 Å². The molecule has 8 nitrogen and oxygen atoms in total. The third-order valence-electron chi connectivity index (χ3n) is 3.44. The van der Waals surface area contributed by atoms with Gasteiger partial charge in [-0.2, -0.15) is 5.06 Å². The Morgan fingerprint density at radius 3 is 2.73 bits per heavy atom. The summed E-state index contributed by atoms with van der Waals surface area (Å²) in [6, 6.07) is 3.54. The van der Waals surface area contributed by atoms with Gasteiger partial charge < -0.3 is 14.6 Å². The van der Waals surface area contributed by atoms with Crippen LogP contribution in [0.4, 0.5) is 5.69 Å². The van der Waals surface area contributed by atoms with Crippen LogP contribution in [0.15, 0.2) is 30.7 Å². The molecule has 0 spiro atoms. The second kappa shape index (κ2) is 6.65. The van der Waals surface area contributed by atoms with Crippen LogP contribution < -0.4 is 4.90 Å². The maximum atomic E-state index is 12.6. The van der Waals surface area contributed by atoms with E-state index in [1.165, 1.54) is 27.8 Å². The van der Waals surface area contributed by atoms with Gasteiger partial charge in [0.05, 0.1) is 25.2 Å². The number of anilines is 1. The number of aliphatic hydroxyl groups excluding tert-OH is 1. The minimum atomic E-state index is -1.07. The van der Waals surface area contributed by atoms with Crippen LogP contribution in [-0.4, -0.2) is 51.8 Å². The molecule has 0 radical (unpaired) electrons. The topological polar surface area (TPSA) is 83.7 Å². The summed E-state index contributed by atoms with van der Waals surface area (Å²) >= 11 is 0. The number of carbonyl (C=O) groups excluding carboxylic acids is 1. The lowest BCUT2D eigenvalue weighted by atomic mass is 10.3. The zero-order valence-corrected chi connectivity index (χ0v) is 13.0. The molecule has 0 aliphatic rings. The smallest absolute Gasteiger partial charge is 0.276 e. The summed E-state index contributed by atoms with van der Waals surface area (Å²) in [5.74, 6) is 0.0637. The standard InChI is InChI=1S/C14H19N5O3/c1-17(10-6-5-7-15-8-10)13(20)11-9-16-12(18(11)2)14(21)19(3)22-4/h5-9,14,21H,1-4H3. The average molecular weight is 305 g/mol. The number of amides is 1. The van der Waals surface area contributed by atoms with Crippen molar-refractivity contribution < 1.29 is 14.7 Å². The van der Waals surface area contributed by atoms with Crippen LogP contribution in [0.1, 0.15) is 22.5 Å². The summed E-state index contributed by atoms with van der Waals surface area (Å²) < 4.78 is 1.54. The molecule has 1 amide bonds. The van der Waals surface area contributed by atoms with Crippen molar-refractivity contribution >= 4 is 11.6 Å². The number of nitrogens with zero attached hydrogens (tertiary/aromatic N) is 5. The lowest BCUT2D eigenvalue weighted by molar-refractivity contribution is -0.209. The van der Waals surface area contributed by atoms with E-state index in [-0.39, 0.29) is 5.91 Å². The van der Waals surface area contributed by atoms with Gasteiger partial charge in [0, 0.05) is 27.3 Å². The van der Waals surface area contributed by atoms with E-state index in [4.69, 9.17) is 4.84 Å². The molecule has 0 fully saturated rings. The van der Waals surface area contributed by atoms with Gasteiger partial charge >= 0.3 is 0 Å². The van der Waals surface area contributed by atoms with Crippen molar-refractivity contribution in [1.29, 1.82) is 0 Å². The van der Waals surface area contributed by atoms with Gasteiger partial charge in [-0.25, -0.2) is 4.98 Å². The number of pyridine rings is 1. The number of carbonyl (C=O) groups is 1. The Kier molecular flexibility index (Phi) is 4.86. The summed E-state index contributed by atoms with van der Waals surface area (Å²) in [4.78, 5) is 27.1. The first-order valence-electron chi connectivity index (χ1n) is 6.62. The van der Waals surface area contributed by atoms with Crippen molar-refractivity contribution in [1.82, 2.24) is 19.6 Å². The Morgan fingerprint density at radius 2 is 2.14 bits per heavy atom. The highest BCUT2D eigenvalue weighted by Gasteiger charge is 2.24. The lowest BCUT2D eigenvalue weighted by Crippen LogP contribution is -2.29. The summed E-state index contributed by atoms with van der Waals surface area (Å²) in [5.41, 5.74) is 1.02. The number of hydrogen-bond acceptors (Lipinski definition) is 6. The Labute approximate surface area is 128 Å². The quantitative estimate of drug-likeness (QED) is 0.642. The Morgan fingerprint density at radius 1 is 1.41 bits per heavy atom. The van der Waals surface area contributed by atoms with Crippen LogP contribution in [0.3, 0.4) is 0 Å². The van der Waals surface area contributed by atoms with E-state index < -0.39 is 6.23 Å². The normalized spacial score (nSPS) is 12.5. The molecule has 0 bridgehead atoms. The van der Waals surface area contributed by atoms with E-state index in [2.05, 4.69) is 9.97 Å². The van der Waals surface area contributed by atoms with Gasteiger partial charge in [0.25, 0.3) is 5.91 Å². The minimum absolute atomic E-state index is 0.249. The van der Waals surface area contributed by atoms with Crippen LogP contribution in [-0.2, 0) is 11.9 Å². The molecule has 0 saturated carbocycles. The van der Waals surface area contributed by atoms with E-state index in [1.54, 1.807) is 45.7 Å². The Balaban J connectivity index is 2.27. The van der Waals surface area contributed by atoms with E-state index in [9.17, 15) is 9.90 Å². The van der Waals surface area contributed by atoms with Crippen LogP contribution in [0, 0.1) is 0 Å². The molecule has 0 aliphatic carbocycles. The first-order valence-corrected chi connectivity index (χ1v) is 6.62. The molecule has 1 atom stereocenters. The largest absolute Gasteiger partial charge is 0.369 e. The minimum Gasteiger partial charge on any atom is -0.369 e. The molecule has 2 rings (SSSR count). The van der Waals surface area contributed by atoms with E-state index in [0.717, 1.165) is 0 Å². The number of aromatic nitrogens is 3. The Bertz CT molecular complexity index is 643. The number of imidazole rings is 1. The van der Waals surface area contributed by atoms with Crippen LogP contribution in [0.2, 0.25) is 0 Å². The zero-order valence-electron chi connectivity index (χ0n) is 13.0. The van der Waals surface area contributed by atoms with E-state index in [0.29, 0.717) is 17.2 Å². The molecular formula is C14H19N5O3. The summed E-state index contributed by atoms with van der Waals surface area (Å²) in [5, 5.41) is 11.3. The number of hydroxylamine groups is 2. The molecule has 8 heteroatoms. The van der Waals surface area contributed by atoms with E-state index >= 15 is 0 Å². The fraction of sp³-hybridized carbons (Fsp3) is 0.357. The van der Waals surface area contributed by atoms with Crippen molar-refractivity contribution in [2.45, 2.75) is 6.23 Å². The van der Waals surface area contributed by atoms with Crippen molar-refractivity contribution in [2.24, 2.45) is 7.05 Å². The molecule has 0 aromatic carbocycles. The number of hydrogen-bond donors (Lipinski definition) is 1. The van der Waals surface area contributed by atoms with Gasteiger partial charge in [0.1, 0.15) is 5.69 Å². The first-order chi connectivity index (χ1) is 10.5. The highest BCUT2D eigenvalue weighted by molar-refractivity contribution is 6.04. The second-order valence-corrected chi connectivity index (χ2v) is 4.74. The molecular weight excluding hydrogens is 286 g/mol. The Hall–Kier alpha value is -2.29. The monoisotopic (exact) mass is 305 g/mol. The lowest BCUT2D eigenvalue weighted by Gasteiger charge is -2.21. The maximum absolute atomic E-state index is 12.6. The summed E-state index contributed by atoms with van der Waals surface area (Å²) in [6.45, 7) is 0. The van der Waals surface area contributed by atoms with E-state index in [1.807, 2.05) is 0 Å². The van der Waals surface area contributed by atoms with Gasteiger partial charge in [-0.15, -0.1) is 0 Å². The molecule has 0 aliphatic heterocycles. The van der Waals surface area contributed by atoms with Crippen LogP contribution in [0.25, 0.3) is 0 Å². The predicted molar refractivity (Wildman–Crippen MR) is 79.9 cm³/mol. The molecule has 22 heavy (non-hydrogen) atoms. The highest BCUT2D eigenvalue weighted by Crippen LogP contribution is 2.18. The fourth-order valence-electron chi connectivity index (χ4n) is 1.97. The molecule has 1 unspecified atom stereocenters. The molecule has 1 N–H and O–H groups in total. The van der Waals surface area contributed by atoms with Crippen molar-refractivity contribution in [3.8, 4) is 0 Å². The van der Waals surface area contributed by atoms with Crippen molar-refractivity contribution in [2.75, 3.05) is 26.1 Å². The van der Waals surface area contributed by atoms with Gasteiger partial charge in [-0.1, -0.05) is 0 Å². The summed E-state index contributed by atoms with van der Waals surface area (Å²) in [6.07, 6.45) is 3.60. The van der Waals surface area contributed by atoms with Gasteiger partial charge in [-0.05, 0) is 12.1 Å². The van der Waals surface area contributed by atoms with Gasteiger partial charge in [0.15, 0.2) is 12.1 Å². The van der Waals surface area contributed by atoms with Crippen LogP contribution in [0.5, 0.6) is 0 Å². The maximum Gasteiger partial charge on any atom is 0.276 e. The third kappa shape index (κ3) is 2.98. The zero-order chi connectivity index (χ0) is 16.3. The van der Waals surface area contributed by atoms with Crippen molar-refractivity contribution in [3.05, 3.63) is 42.2 Å². The van der Waals surface area contributed by atoms with Gasteiger partial charge in [0.2, 0.25) is 0 Å². The average Bonchev–Trinajstić information content (AvgIpc) is 2.94. The fourth-order valence-corrected chi connectivity index (χ4v) is 1.97. The second-order valence-electron chi connectivity index (χ2n) is 4.74. The van der Waals surface area contributed by atoms with Crippen molar-refractivity contribution in [3.63, 3.8) is 0 Å².